The summed E-state index contributed by atoms with van der Waals surface area (Å²) in [6.07, 6.45) is 5.20. The van der Waals surface area contributed by atoms with Crippen molar-refractivity contribution in [3.63, 3.8) is 0 Å². The van der Waals surface area contributed by atoms with Crippen molar-refractivity contribution in [2.75, 3.05) is 12.4 Å². The summed E-state index contributed by atoms with van der Waals surface area (Å²) in [6, 6.07) is 9.98. The van der Waals surface area contributed by atoms with E-state index < -0.39 is 5.91 Å². The number of methoxy groups -OCH3 is 1. The fraction of sp³-hybridized carbons (Fsp3) is 0.118. The van der Waals surface area contributed by atoms with Crippen LogP contribution in [0, 0.1) is 0 Å². The van der Waals surface area contributed by atoms with Crippen LogP contribution in [-0.4, -0.2) is 32.9 Å². The molecule has 1 aromatic carbocycles. The minimum absolute atomic E-state index is 0.150. The maximum atomic E-state index is 12.2. The van der Waals surface area contributed by atoms with E-state index in [-0.39, 0.29) is 11.3 Å². The highest BCUT2D eigenvalue weighted by Gasteiger charge is 2.13. The second kappa shape index (κ2) is 6.82. The monoisotopic (exact) mass is 324 g/mol. The highest BCUT2D eigenvalue weighted by Crippen LogP contribution is 2.24. The number of nitrogens with one attached hydrogen (secondary N) is 1. The molecule has 3 rings (SSSR count). The van der Waals surface area contributed by atoms with Gasteiger partial charge in [0.15, 0.2) is 5.82 Å². The predicted octanol–water partition coefficient (Wildman–Crippen LogP) is 2.29. The average molecular weight is 324 g/mol. The van der Waals surface area contributed by atoms with Gasteiger partial charge in [-0.2, -0.15) is 5.10 Å². The quantitative estimate of drug-likeness (QED) is 0.751. The van der Waals surface area contributed by atoms with Gasteiger partial charge in [-0.05, 0) is 29.8 Å². The van der Waals surface area contributed by atoms with Crippen LogP contribution >= 0.6 is 0 Å². The molecule has 0 aliphatic rings. The summed E-state index contributed by atoms with van der Waals surface area (Å²) in [5.74, 6) is 0.294. The molecule has 0 atom stereocenters. The number of carbonyl (C=O) groups excluding carboxylic acids is 1. The molecule has 2 aromatic heterocycles. The highest BCUT2D eigenvalue weighted by molar-refractivity contribution is 6.05. The molecule has 7 heteroatoms. The fourth-order valence-corrected chi connectivity index (χ4v) is 2.21. The second-order valence-electron chi connectivity index (χ2n) is 5.09. The van der Waals surface area contributed by atoms with Gasteiger partial charge in [0.1, 0.15) is 11.5 Å². The molecule has 0 fully saturated rings. The molecule has 0 spiro atoms. The van der Waals surface area contributed by atoms with E-state index in [1.165, 1.54) is 19.2 Å². The summed E-state index contributed by atoms with van der Waals surface area (Å²) in [6.45, 7) is 0.576. The molecule has 24 heavy (non-hydrogen) atoms. The number of anilines is 1. The topological polar surface area (TPSA) is 89.3 Å². The van der Waals surface area contributed by atoms with Crippen LogP contribution < -0.4 is 10.1 Å². The van der Waals surface area contributed by atoms with Gasteiger partial charge in [0, 0.05) is 30.7 Å². The molecule has 122 valence electrons. The number of hydrogen-bond acceptors (Lipinski definition) is 5. The number of nitrogens with zero attached hydrogens (tertiary/aromatic N) is 3. The average Bonchev–Trinajstić information content (AvgIpc) is 3.02. The first-order valence-corrected chi connectivity index (χ1v) is 7.26. The summed E-state index contributed by atoms with van der Waals surface area (Å²) >= 11 is 0. The molecule has 2 N–H and O–H groups in total. The summed E-state index contributed by atoms with van der Waals surface area (Å²) in [7, 11) is 1.49. The molecule has 0 bridgehead atoms. The number of hydrogen-bond donors (Lipinski definition) is 2. The lowest BCUT2D eigenvalue weighted by molar-refractivity contribution is 0.102. The molecule has 0 radical (unpaired) electrons. The Morgan fingerprint density at radius 1 is 1.25 bits per heavy atom. The molecule has 0 aliphatic carbocycles. The van der Waals surface area contributed by atoms with Crippen molar-refractivity contribution in [2.24, 2.45) is 0 Å². The van der Waals surface area contributed by atoms with Crippen LogP contribution in [0.15, 0.2) is 55.0 Å². The van der Waals surface area contributed by atoms with Crippen LogP contribution in [0.25, 0.3) is 0 Å². The molecular weight excluding hydrogens is 308 g/mol. The number of amides is 1. The van der Waals surface area contributed by atoms with Crippen molar-refractivity contribution < 1.29 is 14.6 Å². The van der Waals surface area contributed by atoms with Gasteiger partial charge in [-0.3, -0.25) is 14.5 Å². The Morgan fingerprint density at radius 3 is 2.75 bits per heavy atom. The van der Waals surface area contributed by atoms with Crippen molar-refractivity contribution in [2.45, 2.75) is 6.54 Å². The van der Waals surface area contributed by atoms with E-state index >= 15 is 0 Å². The van der Waals surface area contributed by atoms with Crippen molar-refractivity contribution in [3.05, 3.63) is 66.1 Å². The molecule has 0 saturated carbocycles. The Hall–Kier alpha value is -3.35. The number of ether oxygens (including phenoxy) is 1. The third kappa shape index (κ3) is 3.52. The van der Waals surface area contributed by atoms with Gasteiger partial charge in [-0.25, -0.2) is 0 Å². The van der Waals surface area contributed by atoms with Gasteiger partial charge in [0.05, 0.1) is 19.2 Å². The van der Waals surface area contributed by atoms with Gasteiger partial charge in [0.25, 0.3) is 5.91 Å². The molecule has 2 heterocycles. The highest BCUT2D eigenvalue weighted by atomic mass is 16.5. The minimum Gasteiger partial charge on any atom is -0.507 e. The number of aromatic hydroxyl groups is 1. The van der Waals surface area contributed by atoms with Crippen LogP contribution in [0.3, 0.4) is 0 Å². The molecule has 0 unspecified atom stereocenters. The third-order valence-electron chi connectivity index (χ3n) is 3.43. The summed E-state index contributed by atoms with van der Waals surface area (Å²) in [4.78, 5) is 16.2. The lowest BCUT2D eigenvalue weighted by Crippen LogP contribution is -2.13. The van der Waals surface area contributed by atoms with Crippen LogP contribution in [0.5, 0.6) is 11.5 Å². The smallest absolute Gasteiger partial charge is 0.260 e. The molecule has 0 saturated heterocycles. The van der Waals surface area contributed by atoms with E-state index in [9.17, 15) is 9.90 Å². The Balaban J connectivity index is 1.69. The Bertz CT molecular complexity index is 846. The number of carbonyl (C=O) groups is 1. The molecule has 1 amide bonds. The van der Waals surface area contributed by atoms with Crippen LogP contribution in [0.2, 0.25) is 0 Å². The largest absolute Gasteiger partial charge is 0.507 e. The third-order valence-corrected chi connectivity index (χ3v) is 3.43. The van der Waals surface area contributed by atoms with E-state index in [0.29, 0.717) is 18.1 Å². The minimum atomic E-state index is -0.440. The standard InChI is InChI=1S/C17H16N4O3/c1-24-13-2-3-14(15(22)10-13)17(23)19-16-6-9-21(20-16)11-12-4-7-18-8-5-12/h2-10,22H,11H2,1H3,(H,19,20,23). The summed E-state index contributed by atoms with van der Waals surface area (Å²) < 4.78 is 6.70. The zero-order valence-corrected chi connectivity index (χ0v) is 13.0. The van der Waals surface area contributed by atoms with Crippen molar-refractivity contribution in [1.82, 2.24) is 14.8 Å². The first-order valence-electron chi connectivity index (χ1n) is 7.26. The van der Waals surface area contributed by atoms with Gasteiger partial charge in [-0.15, -0.1) is 0 Å². The number of pyridine rings is 1. The predicted molar refractivity (Wildman–Crippen MR) is 88.2 cm³/mol. The molecular formula is C17H16N4O3. The van der Waals surface area contributed by atoms with Crippen LogP contribution in [0.1, 0.15) is 15.9 Å². The van der Waals surface area contributed by atoms with Crippen molar-refractivity contribution >= 4 is 11.7 Å². The SMILES string of the molecule is COc1ccc(C(=O)Nc2ccn(Cc3ccncc3)n2)c(O)c1. The first kappa shape index (κ1) is 15.5. The summed E-state index contributed by atoms with van der Waals surface area (Å²) in [5.41, 5.74) is 1.21. The van der Waals surface area contributed by atoms with E-state index in [2.05, 4.69) is 15.4 Å². The lowest BCUT2D eigenvalue weighted by atomic mass is 10.2. The molecule has 3 aromatic rings. The zero-order chi connectivity index (χ0) is 16.9. The Labute approximate surface area is 138 Å². The van der Waals surface area contributed by atoms with Gasteiger partial charge < -0.3 is 15.2 Å². The van der Waals surface area contributed by atoms with Gasteiger partial charge >= 0.3 is 0 Å². The normalized spacial score (nSPS) is 10.4. The van der Waals surface area contributed by atoms with E-state index in [1.54, 1.807) is 35.4 Å². The summed E-state index contributed by atoms with van der Waals surface area (Å²) in [5, 5.41) is 16.8. The molecule has 7 nitrogen and oxygen atoms in total. The van der Waals surface area contributed by atoms with E-state index in [1.807, 2.05) is 12.1 Å². The van der Waals surface area contributed by atoms with E-state index in [0.717, 1.165) is 5.56 Å². The number of phenolic OH excluding ortho intramolecular Hbond substituents is 1. The second-order valence-corrected chi connectivity index (χ2v) is 5.09. The Kier molecular flexibility index (Phi) is 4.42. The van der Waals surface area contributed by atoms with Crippen molar-refractivity contribution in [3.8, 4) is 11.5 Å². The number of phenols is 1. The number of aromatic nitrogens is 3. The fourth-order valence-electron chi connectivity index (χ4n) is 2.21. The first-order chi connectivity index (χ1) is 11.7. The number of benzene rings is 1. The van der Waals surface area contributed by atoms with Crippen LogP contribution in [0.4, 0.5) is 5.82 Å². The van der Waals surface area contributed by atoms with E-state index in [4.69, 9.17) is 4.74 Å². The van der Waals surface area contributed by atoms with Crippen LogP contribution in [-0.2, 0) is 6.54 Å². The number of rotatable bonds is 5. The maximum Gasteiger partial charge on any atom is 0.260 e. The van der Waals surface area contributed by atoms with Crippen molar-refractivity contribution in [1.29, 1.82) is 0 Å². The Morgan fingerprint density at radius 2 is 2.04 bits per heavy atom. The van der Waals surface area contributed by atoms with Gasteiger partial charge in [-0.1, -0.05) is 0 Å². The molecule has 0 aliphatic heterocycles. The maximum absolute atomic E-state index is 12.2. The zero-order valence-electron chi connectivity index (χ0n) is 13.0. The lowest BCUT2D eigenvalue weighted by Gasteiger charge is -2.06. The van der Waals surface area contributed by atoms with Gasteiger partial charge in [0.2, 0.25) is 0 Å².